The summed E-state index contributed by atoms with van der Waals surface area (Å²) in [7, 11) is -3.59. The van der Waals surface area contributed by atoms with Gasteiger partial charge in [0.15, 0.2) is 0 Å². The van der Waals surface area contributed by atoms with Crippen molar-refractivity contribution < 1.29 is 8.42 Å². The Balaban J connectivity index is 2.34. The Morgan fingerprint density at radius 3 is 2.83 bits per heavy atom. The standard InChI is InChI=1S/C10H12BrClN2O2S2/c11-10-8(13)3-6(12)4-9(10)18(15,16)14-7-1-2-17-5-7/h3-4,7,14H,1-2,5,13H2. The second-order valence-corrected chi connectivity index (χ2v) is 8.05. The Morgan fingerprint density at radius 1 is 1.50 bits per heavy atom. The first-order valence-corrected chi connectivity index (χ1v) is 9.05. The Morgan fingerprint density at radius 2 is 2.22 bits per heavy atom. The van der Waals surface area contributed by atoms with Crippen LogP contribution in [-0.2, 0) is 10.0 Å². The van der Waals surface area contributed by atoms with Gasteiger partial charge in [-0.3, -0.25) is 0 Å². The van der Waals surface area contributed by atoms with E-state index in [1.165, 1.54) is 12.1 Å². The number of sulfonamides is 1. The number of nitrogens with two attached hydrogens (primary N) is 1. The van der Waals surface area contributed by atoms with E-state index in [9.17, 15) is 8.42 Å². The number of nitrogens with one attached hydrogen (secondary N) is 1. The average Bonchev–Trinajstić information content (AvgIpc) is 2.75. The summed E-state index contributed by atoms with van der Waals surface area (Å²) in [5.74, 6) is 1.78. The predicted octanol–water partition coefficient (Wildman–Crippen LogP) is 2.47. The molecule has 1 atom stereocenters. The quantitative estimate of drug-likeness (QED) is 0.801. The van der Waals surface area contributed by atoms with E-state index in [4.69, 9.17) is 17.3 Å². The maximum Gasteiger partial charge on any atom is 0.242 e. The van der Waals surface area contributed by atoms with Crippen LogP contribution in [0.1, 0.15) is 6.42 Å². The third-order valence-electron chi connectivity index (χ3n) is 2.57. The fraction of sp³-hybridized carbons (Fsp3) is 0.400. The van der Waals surface area contributed by atoms with Crippen LogP contribution in [0.5, 0.6) is 0 Å². The first-order chi connectivity index (χ1) is 8.40. The molecule has 18 heavy (non-hydrogen) atoms. The molecule has 0 bridgehead atoms. The van der Waals surface area contributed by atoms with Crippen LogP contribution in [0.25, 0.3) is 0 Å². The van der Waals surface area contributed by atoms with Crippen molar-refractivity contribution in [2.45, 2.75) is 17.4 Å². The molecule has 1 heterocycles. The van der Waals surface area contributed by atoms with Gasteiger partial charge in [0.25, 0.3) is 0 Å². The Hall–Kier alpha value is 0.0500. The molecule has 1 aliphatic heterocycles. The highest BCUT2D eigenvalue weighted by atomic mass is 79.9. The molecule has 0 aromatic heterocycles. The Labute approximate surface area is 124 Å². The highest BCUT2D eigenvalue weighted by Gasteiger charge is 2.25. The van der Waals surface area contributed by atoms with Crippen molar-refractivity contribution in [3.63, 3.8) is 0 Å². The highest BCUT2D eigenvalue weighted by Crippen LogP contribution is 2.32. The minimum Gasteiger partial charge on any atom is -0.398 e. The molecular weight excluding hydrogens is 360 g/mol. The summed E-state index contributed by atoms with van der Waals surface area (Å²) >= 11 is 10.8. The largest absolute Gasteiger partial charge is 0.398 e. The lowest BCUT2D eigenvalue weighted by atomic mass is 10.3. The average molecular weight is 372 g/mol. The minimum atomic E-state index is -3.59. The number of hydrogen-bond donors (Lipinski definition) is 2. The van der Waals surface area contributed by atoms with E-state index < -0.39 is 10.0 Å². The maximum absolute atomic E-state index is 12.2. The number of anilines is 1. The molecule has 1 unspecified atom stereocenters. The van der Waals surface area contributed by atoms with Gasteiger partial charge in [-0.2, -0.15) is 11.8 Å². The third-order valence-corrected chi connectivity index (χ3v) is 6.65. The number of thioether (sulfide) groups is 1. The summed E-state index contributed by atoms with van der Waals surface area (Å²) in [4.78, 5) is 0.0874. The lowest BCUT2D eigenvalue weighted by molar-refractivity contribution is 0.562. The SMILES string of the molecule is Nc1cc(Cl)cc(S(=O)(=O)NC2CCSC2)c1Br. The van der Waals surface area contributed by atoms with Gasteiger partial charge in [-0.1, -0.05) is 11.6 Å². The summed E-state index contributed by atoms with van der Waals surface area (Å²) in [5.41, 5.74) is 6.01. The summed E-state index contributed by atoms with van der Waals surface area (Å²) < 4.78 is 27.5. The molecule has 4 nitrogen and oxygen atoms in total. The van der Waals surface area contributed by atoms with Crippen LogP contribution in [-0.4, -0.2) is 26.0 Å². The zero-order valence-corrected chi connectivity index (χ0v) is 13.3. The Kier molecular flexibility index (Phi) is 4.48. The van der Waals surface area contributed by atoms with Crippen LogP contribution in [0.4, 0.5) is 5.69 Å². The molecule has 1 aromatic rings. The topological polar surface area (TPSA) is 72.2 Å². The van der Waals surface area contributed by atoms with Crippen molar-refractivity contribution >= 4 is 55.0 Å². The van der Waals surface area contributed by atoms with E-state index in [1.54, 1.807) is 11.8 Å². The normalized spacial score (nSPS) is 20.2. The van der Waals surface area contributed by atoms with Crippen molar-refractivity contribution in [2.24, 2.45) is 0 Å². The molecular formula is C10H12BrClN2O2S2. The van der Waals surface area contributed by atoms with E-state index in [2.05, 4.69) is 20.7 Å². The van der Waals surface area contributed by atoms with Crippen LogP contribution in [0, 0.1) is 0 Å². The van der Waals surface area contributed by atoms with E-state index in [0.29, 0.717) is 15.2 Å². The number of nitrogen functional groups attached to an aromatic ring is 1. The van der Waals surface area contributed by atoms with Crippen molar-refractivity contribution in [1.29, 1.82) is 0 Å². The van der Waals surface area contributed by atoms with Gasteiger partial charge in [-0.15, -0.1) is 0 Å². The maximum atomic E-state index is 12.2. The van der Waals surface area contributed by atoms with Crippen molar-refractivity contribution in [3.8, 4) is 0 Å². The van der Waals surface area contributed by atoms with Crippen LogP contribution in [0.15, 0.2) is 21.5 Å². The molecule has 0 radical (unpaired) electrons. The third kappa shape index (κ3) is 3.14. The molecule has 2 rings (SSSR count). The number of halogens is 2. The number of rotatable bonds is 3. The molecule has 3 N–H and O–H groups in total. The van der Waals surface area contributed by atoms with E-state index in [-0.39, 0.29) is 10.9 Å². The summed E-state index contributed by atoms with van der Waals surface area (Å²) in [6.45, 7) is 0. The summed E-state index contributed by atoms with van der Waals surface area (Å²) in [6.07, 6.45) is 0.845. The van der Waals surface area contributed by atoms with Gasteiger partial charge in [0.1, 0.15) is 0 Å². The summed E-state index contributed by atoms with van der Waals surface area (Å²) in [6, 6.07) is 2.88. The van der Waals surface area contributed by atoms with Gasteiger partial charge in [0.2, 0.25) is 10.0 Å². The van der Waals surface area contributed by atoms with Gasteiger partial charge in [0.05, 0.1) is 9.37 Å². The smallest absolute Gasteiger partial charge is 0.242 e. The highest BCUT2D eigenvalue weighted by molar-refractivity contribution is 9.10. The van der Waals surface area contributed by atoms with Crippen LogP contribution >= 0.6 is 39.3 Å². The van der Waals surface area contributed by atoms with Crippen molar-refractivity contribution in [3.05, 3.63) is 21.6 Å². The summed E-state index contributed by atoms with van der Waals surface area (Å²) in [5, 5.41) is 0.303. The molecule has 1 aromatic carbocycles. The molecule has 1 aliphatic rings. The lowest BCUT2D eigenvalue weighted by Gasteiger charge is -2.14. The molecule has 0 aliphatic carbocycles. The lowest BCUT2D eigenvalue weighted by Crippen LogP contribution is -2.34. The number of benzene rings is 1. The molecule has 1 fully saturated rings. The monoisotopic (exact) mass is 370 g/mol. The number of hydrogen-bond acceptors (Lipinski definition) is 4. The van der Waals surface area contributed by atoms with Gasteiger partial charge in [-0.25, -0.2) is 13.1 Å². The molecule has 0 saturated carbocycles. The second kappa shape index (κ2) is 5.58. The molecule has 0 spiro atoms. The van der Waals surface area contributed by atoms with E-state index >= 15 is 0 Å². The first kappa shape index (κ1) is 14.5. The Bertz CT molecular complexity index is 559. The van der Waals surface area contributed by atoms with Crippen LogP contribution in [0.3, 0.4) is 0 Å². The van der Waals surface area contributed by atoms with Crippen LogP contribution < -0.4 is 10.5 Å². The van der Waals surface area contributed by atoms with E-state index in [1.807, 2.05) is 0 Å². The first-order valence-electron chi connectivity index (χ1n) is 5.25. The van der Waals surface area contributed by atoms with Crippen molar-refractivity contribution in [2.75, 3.05) is 17.2 Å². The van der Waals surface area contributed by atoms with Gasteiger partial charge >= 0.3 is 0 Å². The fourth-order valence-electron chi connectivity index (χ4n) is 1.69. The molecule has 8 heteroatoms. The fourth-order valence-corrected chi connectivity index (χ4v) is 5.51. The van der Waals surface area contributed by atoms with Crippen molar-refractivity contribution in [1.82, 2.24) is 4.72 Å². The van der Waals surface area contributed by atoms with E-state index in [0.717, 1.165) is 17.9 Å². The zero-order chi connectivity index (χ0) is 13.3. The van der Waals surface area contributed by atoms with Gasteiger partial charge in [-0.05, 0) is 40.2 Å². The zero-order valence-electron chi connectivity index (χ0n) is 9.32. The second-order valence-electron chi connectivity index (χ2n) is 3.99. The molecule has 100 valence electrons. The van der Waals surface area contributed by atoms with Gasteiger partial charge in [0, 0.05) is 22.5 Å². The molecule has 0 amide bonds. The minimum absolute atomic E-state index is 0.0212. The van der Waals surface area contributed by atoms with Gasteiger partial charge < -0.3 is 5.73 Å². The molecule has 1 saturated heterocycles. The predicted molar refractivity (Wildman–Crippen MR) is 79.6 cm³/mol. The van der Waals surface area contributed by atoms with Crippen LogP contribution in [0.2, 0.25) is 5.02 Å².